The van der Waals surface area contributed by atoms with Gasteiger partial charge in [0.15, 0.2) is 0 Å². The summed E-state index contributed by atoms with van der Waals surface area (Å²) in [5.74, 6) is 2.47. The minimum atomic E-state index is 0.279. The van der Waals surface area contributed by atoms with Gasteiger partial charge in [0.2, 0.25) is 0 Å². The molecule has 2 heteroatoms. The molecule has 0 aliphatic heterocycles. The summed E-state index contributed by atoms with van der Waals surface area (Å²) in [4.78, 5) is 0. The highest BCUT2D eigenvalue weighted by molar-refractivity contribution is 4.84. The molecule has 2 fully saturated rings. The molecular weight excluding hydrogens is 210 g/mol. The fraction of sp³-hybridized carbons (Fsp3) is 1.00. The number of ether oxygens (including phenoxy) is 1. The summed E-state index contributed by atoms with van der Waals surface area (Å²) in [7, 11) is 0. The molecule has 2 N–H and O–H groups in total. The van der Waals surface area contributed by atoms with Gasteiger partial charge in [0, 0.05) is 6.04 Å². The van der Waals surface area contributed by atoms with Crippen molar-refractivity contribution in [2.75, 3.05) is 0 Å². The molecule has 0 saturated heterocycles. The smallest absolute Gasteiger partial charge is 0.0732 e. The number of hydrogen-bond donors (Lipinski definition) is 1. The van der Waals surface area contributed by atoms with Crippen LogP contribution in [0.1, 0.15) is 59.3 Å². The molecule has 2 rings (SSSR count). The van der Waals surface area contributed by atoms with E-state index in [9.17, 15) is 0 Å². The molecule has 2 aliphatic carbocycles. The van der Waals surface area contributed by atoms with Gasteiger partial charge in [-0.15, -0.1) is 0 Å². The Morgan fingerprint density at radius 1 is 0.882 bits per heavy atom. The van der Waals surface area contributed by atoms with Crippen molar-refractivity contribution in [3.05, 3.63) is 0 Å². The summed E-state index contributed by atoms with van der Waals surface area (Å²) in [6, 6.07) is 0.279. The summed E-state index contributed by atoms with van der Waals surface area (Å²) in [5.41, 5.74) is 6.20. The van der Waals surface area contributed by atoms with E-state index in [1.54, 1.807) is 0 Å². The lowest BCUT2D eigenvalue weighted by molar-refractivity contribution is -0.0748. The number of rotatable bonds is 2. The van der Waals surface area contributed by atoms with E-state index in [1.165, 1.54) is 32.1 Å². The standard InChI is InChI=1S/C15H29NO/c1-10-4-7-14(16)15(8-10)17-13-6-5-11(2)12(3)9-13/h10-15H,4-9,16H2,1-3H3. The van der Waals surface area contributed by atoms with Crippen LogP contribution in [0, 0.1) is 17.8 Å². The Labute approximate surface area is 106 Å². The van der Waals surface area contributed by atoms with Gasteiger partial charge in [-0.1, -0.05) is 20.8 Å². The zero-order chi connectivity index (χ0) is 12.4. The monoisotopic (exact) mass is 239 g/mol. The van der Waals surface area contributed by atoms with Gasteiger partial charge in [-0.25, -0.2) is 0 Å². The fourth-order valence-electron chi connectivity index (χ4n) is 3.38. The van der Waals surface area contributed by atoms with Crippen molar-refractivity contribution >= 4 is 0 Å². The van der Waals surface area contributed by atoms with Crippen LogP contribution in [0.4, 0.5) is 0 Å². The van der Waals surface area contributed by atoms with Crippen molar-refractivity contribution in [1.29, 1.82) is 0 Å². The highest BCUT2D eigenvalue weighted by Gasteiger charge is 2.31. The maximum Gasteiger partial charge on any atom is 0.0732 e. The van der Waals surface area contributed by atoms with Crippen LogP contribution in [0.3, 0.4) is 0 Å². The van der Waals surface area contributed by atoms with Crippen molar-refractivity contribution in [1.82, 2.24) is 0 Å². The van der Waals surface area contributed by atoms with Crippen LogP contribution in [0.5, 0.6) is 0 Å². The molecule has 0 bridgehead atoms. The third kappa shape index (κ3) is 3.45. The van der Waals surface area contributed by atoms with Gasteiger partial charge in [-0.3, -0.25) is 0 Å². The minimum Gasteiger partial charge on any atom is -0.373 e. The van der Waals surface area contributed by atoms with Gasteiger partial charge >= 0.3 is 0 Å². The maximum atomic E-state index is 6.31. The molecule has 0 heterocycles. The van der Waals surface area contributed by atoms with E-state index in [1.807, 2.05) is 0 Å². The van der Waals surface area contributed by atoms with E-state index in [0.717, 1.165) is 24.2 Å². The van der Waals surface area contributed by atoms with Crippen LogP contribution >= 0.6 is 0 Å². The average molecular weight is 239 g/mol. The summed E-state index contributed by atoms with van der Waals surface area (Å²) >= 11 is 0. The van der Waals surface area contributed by atoms with Crippen molar-refractivity contribution in [3.63, 3.8) is 0 Å². The third-order valence-corrected chi connectivity index (χ3v) is 5.02. The summed E-state index contributed by atoms with van der Waals surface area (Å²) in [6.07, 6.45) is 8.18. The predicted octanol–water partition coefficient (Wildman–Crippen LogP) is 3.34. The molecule has 100 valence electrons. The Bertz CT molecular complexity index is 243. The Kier molecular flexibility index (Phi) is 4.48. The second kappa shape index (κ2) is 5.71. The van der Waals surface area contributed by atoms with Crippen molar-refractivity contribution in [3.8, 4) is 0 Å². The molecule has 0 radical (unpaired) electrons. The molecule has 0 aromatic carbocycles. The average Bonchev–Trinajstić information content (AvgIpc) is 2.29. The first kappa shape index (κ1) is 13.4. The van der Waals surface area contributed by atoms with Crippen molar-refractivity contribution in [2.45, 2.75) is 77.5 Å². The molecule has 0 aromatic rings. The predicted molar refractivity (Wildman–Crippen MR) is 71.8 cm³/mol. The molecule has 2 saturated carbocycles. The quantitative estimate of drug-likeness (QED) is 0.802. The Morgan fingerprint density at radius 2 is 1.65 bits per heavy atom. The second-order valence-electron chi connectivity index (χ2n) is 6.65. The molecule has 2 nitrogen and oxygen atoms in total. The van der Waals surface area contributed by atoms with E-state index in [4.69, 9.17) is 10.5 Å². The zero-order valence-electron chi connectivity index (χ0n) is 11.7. The second-order valence-corrected chi connectivity index (χ2v) is 6.65. The van der Waals surface area contributed by atoms with Crippen molar-refractivity contribution in [2.24, 2.45) is 23.5 Å². The molecule has 0 spiro atoms. The highest BCUT2D eigenvalue weighted by Crippen LogP contribution is 2.34. The molecule has 17 heavy (non-hydrogen) atoms. The van der Waals surface area contributed by atoms with Crippen molar-refractivity contribution < 1.29 is 4.74 Å². The Morgan fingerprint density at radius 3 is 2.35 bits per heavy atom. The number of nitrogens with two attached hydrogens (primary N) is 1. The molecule has 2 aliphatic rings. The lowest BCUT2D eigenvalue weighted by Crippen LogP contribution is -2.44. The van der Waals surface area contributed by atoms with Gasteiger partial charge in [-0.05, 0) is 56.3 Å². The Balaban J connectivity index is 1.83. The first-order valence-corrected chi connectivity index (χ1v) is 7.47. The van der Waals surface area contributed by atoms with E-state index in [2.05, 4.69) is 20.8 Å². The summed E-state index contributed by atoms with van der Waals surface area (Å²) < 4.78 is 6.31. The molecule has 0 aromatic heterocycles. The van der Waals surface area contributed by atoms with Crippen LogP contribution < -0.4 is 5.73 Å². The van der Waals surface area contributed by atoms with Crippen LogP contribution in [0.15, 0.2) is 0 Å². The van der Waals surface area contributed by atoms with Gasteiger partial charge in [0.05, 0.1) is 12.2 Å². The number of hydrogen-bond acceptors (Lipinski definition) is 2. The van der Waals surface area contributed by atoms with Crippen LogP contribution in [-0.4, -0.2) is 18.2 Å². The van der Waals surface area contributed by atoms with Gasteiger partial charge in [0.25, 0.3) is 0 Å². The first-order valence-electron chi connectivity index (χ1n) is 7.47. The summed E-state index contributed by atoms with van der Waals surface area (Å²) in [5, 5.41) is 0. The lowest BCUT2D eigenvalue weighted by Gasteiger charge is -2.38. The van der Waals surface area contributed by atoms with Gasteiger partial charge in [-0.2, -0.15) is 0 Å². The maximum absolute atomic E-state index is 6.31. The topological polar surface area (TPSA) is 35.2 Å². The van der Waals surface area contributed by atoms with Gasteiger partial charge in [0.1, 0.15) is 0 Å². The van der Waals surface area contributed by atoms with Crippen LogP contribution in [-0.2, 0) is 4.74 Å². The van der Waals surface area contributed by atoms with E-state index in [-0.39, 0.29) is 6.04 Å². The SMILES string of the molecule is CC1CCC(N)C(OC2CCC(C)C(C)C2)C1. The largest absolute Gasteiger partial charge is 0.373 e. The minimum absolute atomic E-state index is 0.279. The van der Waals surface area contributed by atoms with Crippen LogP contribution in [0.25, 0.3) is 0 Å². The molecule has 0 amide bonds. The van der Waals surface area contributed by atoms with E-state index in [0.29, 0.717) is 12.2 Å². The molecule has 6 atom stereocenters. The van der Waals surface area contributed by atoms with E-state index < -0.39 is 0 Å². The molecule has 6 unspecified atom stereocenters. The third-order valence-electron chi connectivity index (χ3n) is 5.02. The normalized spacial score (nSPS) is 48.0. The Hall–Kier alpha value is -0.0800. The summed E-state index contributed by atoms with van der Waals surface area (Å²) in [6.45, 7) is 7.06. The molecular formula is C15H29NO. The zero-order valence-corrected chi connectivity index (χ0v) is 11.7. The van der Waals surface area contributed by atoms with Gasteiger partial charge < -0.3 is 10.5 Å². The highest BCUT2D eigenvalue weighted by atomic mass is 16.5. The fourth-order valence-corrected chi connectivity index (χ4v) is 3.38. The first-order chi connectivity index (χ1) is 8.06. The lowest BCUT2D eigenvalue weighted by atomic mass is 9.79. The van der Waals surface area contributed by atoms with Crippen LogP contribution in [0.2, 0.25) is 0 Å². The van der Waals surface area contributed by atoms with E-state index >= 15 is 0 Å².